The number of amides is 2. The molecule has 22 heavy (non-hydrogen) atoms. The maximum Gasteiger partial charge on any atom is 0.355 e. The molecule has 3 heterocycles. The fourth-order valence-electron chi connectivity index (χ4n) is 2.79. The Morgan fingerprint density at radius 1 is 1.59 bits per heavy atom. The van der Waals surface area contributed by atoms with Crippen molar-refractivity contribution in [1.82, 2.24) is 15.2 Å². The number of fused-ring (bicyclic) bond motifs is 1. The maximum absolute atomic E-state index is 12.3. The van der Waals surface area contributed by atoms with Crippen LogP contribution >= 0.6 is 23.1 Å². The van der Waals surface area contributed by atoms with Crippen LogP contribution in [0.3, 0.4) is 0 Å². The number of nitrogens with one attached hydrogen (secondary N) is 1. The summed E-state index contributed by atoms with van der Waals surface area (Å²) in [5, 5.41) is 13.5. The Morgan fingerprint density at radius 3 is 3.05 bits per heavy atom. The van der Waals surface area contributed by atoms with Gasteiger partial charge >= 0.3 is 5.97 Å². The summed E-state index contributed by atoms with van der Waals surface area (Å²) in [5.41, 5.74) is -0.0204. The Labute approximate surface area is 135 Å². The minimum atomic E-state index is -1.08. The number of carbonyl (C=O) groups excluding carboxylic acids is 2. The Balaban J connectivity index is 1.62. The second-order valence-electron chi connectivity index (χ2n) is 5.42. The van der Waals surface area contributed by atoms with E-state index in [1.54, 1.807) is 16.7 Å². The SMILES string of the molecule is CC12CCC(=O)N1C(C(=O)NCc1nc(C(=O)O)cs1)CS2. The number of carboxylic acid groups (broad SMARTS) is 1. The van der Waals surface area contributed by atoms with E-state index in [-0.39, 0.29) is 28.9 Å². The van der Waals surface area contributed by atoms with Gasteiger partial charge in [-0.1, -0.05) is 0 Å². The summed E-state index contributed by atoms with van der Waals surface area (Å²) in [5.74, 6) is -0.681. The van der Waals surface area contributed by atoms with Crippen LogP contribution in [0.2, 0.25) is 0 Å². The molecule has 2 aliphatic heterocycles. The molecule has 2 unspecified atom stereocenters. The Hall–Kier alpha value is -1.61. The number of hydrogen-bond donors (Lipinski definition) is 2. The molecule has 0 aliphatic carbocycles. The predicted octanol–water partition coefficient (Wildman–Crippen LogP) is 0.911. The first kappa shape index (κ1) is 15.3. The first-order chi connectivity index (χ1) is 10.4. The fraction of sp³-hybridized carbons (Fsp3) is 0.538. The summed E-state index contributed by atoms with van der Waals surface area (Å²) in [6.07, 6.45) is 1.26. The minimum Gasteiger partial charge on any atom is -0.476 e. The maximum atomic E-state index is 12.3. The molecule has 2 amide bonds. The monoisotopic (exact) mass is 341 g/mol. The van der Waals surface area contributed by atoms with Crippen LogP contribution in [-0.4, -0.2) is 49.4 Å². The van der Waals surface area contributed by atoms with E-state index < -0.39 is 12.0 Å². The highest BCUT2D eigenvalue weighted by Gasteiger charge is 2.52. The van der Waals surface area contributed by atoms with Crippen molar-refractivity contribution in [2.24, 2.45) is 0 Å². The third-order valence-corrected chi connectivity index (χ3v) is 6.29. The molecule has 2 saturated heterocycles. The lowest BCUT2D eigenvalue weighted by molar-refractivity contribution is -0.138. The van der Waals surface area contributed by atoms with Crippen molar-refractivity contribution < 1.29 is 19.5 Å². The number of carbonyl (C=O) groups is 3. The number of nitrogens with zero attached hydrogens (tertiary/aromatic N) is 2. The largest absolute Gasteiger partial charge is 0.476 e. The molecule has 0 bridgehead atoms. The van der Waals surface area contributed by atoms with Gasteiger partial charge in [-0.2, -0.15) is 0 Å². The van der Waals surface area contributed by atoms with Crippen LogP contribution in [0.5, 0.6) is 0 Å². The van der Waals surface area contributed by atoms with Crippen LogP contribution in [0.25, 0.3) is 0 Å². The highest BCUT2D eigenvalue weighted by molar-refractivity contribution is 8.01. The zero-order chi connectivity index (χ0) is 15.9. The van der Waals surface area contributed by atoms with Crippen molar-refractivity contribution in [1.29, 1.82) is 0 Å². The van der Waals surface area contributed by atoms with E-state index in [1.165, 1.54) is 16.7 Å². The van der Waals surface area contributed by atoms with E-state index >= 15 is 0 Å². The van der Waals surface area contributed by atoms with Crippen molar-refractivity contribution in [2.75, 3.05) is 5.75 Å². The van der Waals surface area contributed by atoms with E-state index in [0.717, 1.165) is 6.42 Å². The first-order valence-electron chi connectivity index (χ1n) is 6.82. The van der Waals surface area contributed by atoms with Crippen LogP contribution < -0.4 is 5.32 Å². The molecule has 2 fully saturated rings. The molecule has 9 heteroatoms. The van der Waals surface area contributed by atoms with Gasteiger partial charge in [0.2, 0.25) is 11.8 Å². The van der Waals surface area contributed by atoms with Gasteiger partial charge in [-0.05, 0) is 13.3 Å². The van der Waals surface area contributed by atoms with E-state index in [1.807, 2.05) is 6.92 Å². The molecule has 1 aromatic rings. The first-order valence-corrected chi connectivity index (χ1v) is 8.69. The van der Waals surface area contributed by atoms with Gasteiger partial charge in [0.15, 0.2) is 5.69 Å². The van der Waals surface area contributed by atoms with Gasteiger partial charge in [0.05, 0.1) is 11.4 Å². The summed E-state index contributed by atoms with van der Waals surface area (Å²) in [6.45, 7) is 2.17. The number of aromatic nitrogens is 1. The van der Waals surface area contributed by atoms with Crippen LogP contribution in [0, 0.1) is 0 Å². The topological polar surface area (TPSA) is 99.6 Å². The molecule has 0 saturated carbocycles. The van der Waals surface area contributed by atoms with Gasteiger partial charge < -0.3 is 15.3 Å². The summed E-state index contributed by atoms with van der Waals surface area (Å²) >= 11 is 2.83. The third kappa shape index (κ3) is 2.58. The highest BCUT2D eigenvalue weighted by atomic mass is 32.2. The number of aromatic carboxylic acids is 1. The van der Waals surface area contributed by atoms with E-state index in [0.29, 0.717) is 17.2 Å². The van der Waals surface area contributed by atoms with Crippen LogP contribution in [0.1, 0.15) is 35.3 Å². The predicted molar refractivity (Wildman–Crippen MR) is 81.7 cm³/mol. The van der Waals surface area contributed by atoms with E-state index in [2.05, 4.69) is 10.3 Å². The quantitative estimate of drug-likeness (QED) is 0.844. The second-order valence-corrected chi connectivity index (χ2v) is 7.86. The highest BCUT2D eigenvalue weighted by Crippen LogP contribution is 2.47. The normalized spacial score (nSPS) is 27.0. The molecule has 1 aromatic heterocycles. The molecule has 0 aromatic carbocycles. The zero-order valence-corrected chi connectivity index (χ0v) is 13.5. The van der Waals surface area contributed by atoms with Gasteiger partial charge in [0.1, 0.15) is 11.0 Å². The van der Waals surface area contributed by atoms with Gasteiger partial charge in [0, 0.05) is 17.6 Å². The van der Waals surface area contributed by atoms with Crippen molar-refractivity contribution >= 4 is 40.9 Å². The molecule has 118 valence electrons. The molecule has 0 spiro atoms. The van der Waals surface area contributed by atoms with Crippen LogP contribution in [-0.2, 0) is 16.1 Å². The van der Waals surface area contributed by atoms with Gasteiger partial charge in [-0.3, -0.25) is 9.59 Å². The third-order valence-electron chi connectivity index (χ3n) is 3.93. The summed E-state index contributed by atoms with van der Waals surface area (Å²) in [6, 6.07) is -0.455. The molecule has 3 rings (SSSR count). The van der Waals surface area contributed by atoms with Gasteiger partial charge in [0.25, 0.3) is 0 Å². The zero-order valence-electron chi connectivity index (χ0n) is 11.9. The summed E-state index contributed by atoms with van der Waals surface area (Å²) < 4.78 is 0. The standard InChI is InChI=1S/C13H15N3O4S2/c1-13-3-2-10(17)16(13)8(6-22-13)11(18)14-4-9-15-7(5-21-9)12(19)20/h5,8H,2-4,6H2,1H3,(H,14,18)(H,19,20). The summed E-state index contributed by atoms with van der Waals surface area (Å²) in [7, 11) is 0. The lowest BCUT2D eigenvalue weighted by Crippen LogP contribution is -2.49. The van der Waals surface area contributed by atoms with Crippen molar-refractivity contribution in [3.8, 4) is 0 Å². The molecule has 7 nitrogen and oxygen atoms in total. The molecule has 0 radical (unpaired) electrons. The smallest absolute Gasteiger partial charge is 0.355 e. The number of hydrogen-bond acceptors (Lipinski definition) is 6. The van der Waals surface area contributed by atoms with Gasteiger partial charge in [-0.15, -0.1) is 23.1 Å². The van der Waals surface area contributed by atoms with Crippen molar-refractivity contribution in [3.05, 3.63) is 16.1 Å². The second kappa shape index (κ2) is 5.54. The summed E-state index contributed by atoms with van der Waals surface area (Å²) in [4.78, 5) is 40.4. The van der Waals surface area contributed by atoms with E-state index in [9.17, 15) is 14.4 Å². The average Bonchev–Trinajstić information content (AvgIpc) is 3.13. The molecular formula is C13H15N3O4S2. The molecule has 2 N–H and O–H groups in total. The number of carboxylic acids is 1. The lowest BCUT2D eigenvalue weighted by atomic mass is 10.2. The molecular weight excluding hydrogens is 326 g/mol. The van der Waals surface area contributed by atoms with Crippen molar-refractivity contribution in [3.63, 3.8) is 0 Å². The van der Waals surface area contributed by atoms with Gasteiger partial charge in [-0.25, -0.2) is 9.78 Å². The Kier molecular flexibility index (Phi) is 3.85. The Bertz CT molecular complexity index is 647. The molecule has 2 atom stereocenters. The molecule has 2 aliphatic rings. The fourth-order valence-corrected chi connectivity index (χ4v) is 4.93. The van der Waals surface area contributed by atoms with Crippen LogP contribution in [0.4, 0.5) is 0 Å². The lowest BCUT2D eigenvalue weighted by Gasteiger charge is -2.29. The number of rotatable bonds is 4. The number of thiazole rings is 1. The average molecular weight is 341 g/mol. The minimum absolute atomic E-state index is 0.0204. The number of thioether (sulfide) groups is 1. The van der Waals surface area contributed by atoms with E-state index in [4.69, 9.17) is 5.11 Å². The van der Waals surface area contributed by atoms with Crippen molar-refractivity contribution in [2.45, 2.75) is 37.2 Å². The van der Waals surface area contributed by atoms with Crippen LogP contribution in [0.15, 0.2) is 5.38 Å². The Morgan fingerprint density at radius 2 is 2.36 bits per heavy atom.